The van der Waals surface area contributed by atoms with Crippen molar-refractivity contribution in [1.82, 2.24) is 5.32 Å². The van der Waals surface area contributed by atoms with Crippen molar-refractivity contribution in [3.8, 4) is 0 Å². The Kier molecular flexibility index (Phi) is 4.52. The smallest absolute Gasteiger partial charge is 0.0640 e. The van der Waals surface area contributed by atoms with Crippen LogP contribution >= 0.6 is 11.6 Å². The van der Waals surface area contributed by atoms with Gasteiger partial charge in [-0.25, -0.2) is 0 Å². The number of para-hydroxylation sites is 1. The summed E-state index contributed by atoms with van der Waals surface area (Å²) in [5.41, 5.74) is 2.39. The van der Waals surface area contributed by atoms with Gasteiger partial charge in [0, 0.05) is 12.1 Å². The van der Waals surface area contributed by atoms with Crippen molar-refractivity contribution in [1.29, 1.82) is 0 Å². The summed E-state index contributed by atoms with van der Waals surface area (Å²) in [6.07, 6.45) is 8.00. The number of hydrogen-bond donors (Lipinski definition) is 2. The van der Waals surface area contributed by atoms with E-state index in [1.54, 1.807) is 0 Å². The minimum absolute atomic E-state index is 0.568. The lowest BCUT2D eigenvalue weighted by atomic mass is 9.79. The molecule has 1 aliphatic carbocycles. The van der Waals surface area contributed by atoms with Crippen LogP contribution < -0.4 is 10.6 Å². The zero-order valence-electron chi connectivity index (χ0n) is 12.3. The third-order valence-corrected chi connectivity index (χ3v) is 5.30. The molecule has 2 aliphatic rings. The molecule has 2 N–H and O–H groups in total. The summed E-state index contributed by atoms with van der Waals surface area (Å²) in [7, 11) is 0. The van der Waals surface area contributed by atoms with E-state index in [1.165, 1.54) is 50.6 Å². The van der Waals surface area contributed by atoms with Crippen LogP contribution in [0.15, 0.2) is 18.2 Å². The highest BCUT2D eigenvalue weighted by Gasteiger charge is 2.33. The van der Waals surface area contributed by atoms with E-state index >= 15 is 0 Å². The molecule has 0 bridgehead atoms. The molecule has 3 heteroatoms. The molecule has 1 saturated carbocycles. The van der Waals surface area contributed by atoms with Crippen molar-refractivity contribution in [2.45, 2.75) is 57.5 Å². The van der Waals surface area contributed by atoms with Crippen LogP contribution in [0.2, 0.25) is 5.02 Å². The minimum atomic E-state index is 0.568. The highest BCUT2D eigenvalue weighted by atomic mass is 35.5. The van der Waals surface area contributed by atoms with Gasteiger partial charge in [0.2, 0.25) is 0 Å². The Bertz CT molecular complexity index is 434. The minimum Gasteiger partial charge on any atom is -0.381 e. The fourth-order valence-corrected chi connectivity index (χ4v) is 4.17. The Labute approximate surface area is 127 Å². The van der Waals surface area contributed by atoms with E-state index in [1.807, 2.05) is 12.1 Å². The zero-order valence-corrected chi connectivity index (χ0v) is 13.0. The first-order valence-corrected chi connectivity index (χ1v) is 8.38. The van der Waals surface area contributed by atoms with Gasteiger partial charge < -0.3 is 10.6 Å². The lowest BCUT2D eigenvalue weighted by Gasteiger charge is -2.37. The maximum Gasteiger partial charge on any atom is 0.0640 e. The Morgan fingerprint density at radius 2 is 2.00 bits per heavy atom. The van der Waals surface area contributed by atoms with Gasteiger partial charge in [0.1, 0.15) is 0 Å². The predicted molar refractivity (Wildman–Crippen MR) is 86.6 cm³/mol. The second-order valence-electron chi connectivity index (χ2n) is 6.33. The molecular formula is C17H25ClN2. The summed E-state index contributed by atoms with van der Waals surface area (Å²) in [6, 6.07) is 7.43. The van der Waals surface area contributed by atoms with Crippen LogP contribution in [0.5, 0.6) is 0 Å². The van der Waals surface area contributed by atoms with E-state index in [-0.39, 0.29) is 0 Å². The van der Waals surface area contributed by atoms with Gasteiger partial charge in [-0.2, -0.15) is 0 Å². The first kappa shape index (κ1) is 14.2. The molecule has 3 rings (SSSR count). The van der Waals surface area contributed by atoms with Crippen molar-refractivity contribution in [3.05, 3.63) is 28.8 Å². The van der Waals surface area contributed by atoms with Crippen LogP contribution in [-0.2, 0) is 0 Å². The average Bonchev–Trinajstić information content (AvgIpc) is 2.97. The van der Waals surface area contributed by atoms with Crippen molar-refractivity contribution in [2.24, 2.45) is 5.92 Å². The molecule has 0 spiro atoms. The summed E-state index contributed by atoms with van der Waals surface area (Å²) in [4.78, 5) is 0. The van der Waals surface area contributed by atoms with Crippen LogP contribution in [0.3, 0.4) is 0 Å². The monoisotopic (exact) mass is 292 g/mol. The number of rotatable bonds is 3. The summed E-state index contributed by atoms with van der Waals surface area (Å²) in [5.74, 6) is 0.752. The standard InChI is InChI=1S/C17H25ClN2/c1-12-6-4-8-14(18)17(12)20-16-9-3-2-7-13(16)15-10-5-11-19-15/h4,6,8,13,15-16,19-20H,2-3,5,7,9-11H2,1H3. The van der Waals surface area contributed by atoms with Crippen molar-refractivity contribution in [3.63, 3.8) is 0 Å². The molecule has 1 saturated heterocycles. The van der Waals surface area contributed by atoms with E-state index in [9.17, 15) is 0 Å². The van der Waals surface area contributed by atoms with Crippen molar-refractivity contribution >= 4 is 17.3 Å². The van der Waals surface area contributed by atoms with Gasteiger partial charge in [-0.05, 0) is 56.7 Å². The molecule has 2 nitrogen and oxygen atoms in total. The predicted octanol–water partition coefficient (Wildman–Crippen LogP) is 4.37. The van der Waals surface area contributed by atoms with Crippen molar-refractivity contribution in [2.75, 3.05) is 11.9 Å². The fraction of sp³-hybridized carbons (Fsp3) is 0.647. The summed E-state index contributed by atoms with van der Waals surface area (Å²) in [6.45, 7) is 3.33. The van der Waals surface area contributed by atoms with Crippen LogP contribution in [0, 0.1) is 12.8 Å². The number of benzene rings is 1. The largest absolute Gasteiger partial charge is 0.381 e. The van der Waals surface area contributed by atoms with Gasteiger partial charge in [0.15, 0.2) is 0 Å². The summed E-state index contributed by atoms with van der Waals surface area (Å²) >= 11 is 6.38. The highest BCUT2D eigenvalue weighted by Crippen LogP contribution is 2.35. The lowest BCUT2D eigenvalue weighted by molar-refractivity contribution is 0.262. The molecule has 20 heavy (non-hydrogen) atoms. The fourth-order valence-electron chi connectivity index (χ4n) is 3.90. The average molecular weight is 293 g/mol. The third-order valence-electron chi connectivity index (χ3n) is 4.99. The molecule has 0 radical (unpaired) electrons. The maximum absolute atomic E-state index is 6.38. The summed E-state index contributed by atoms with van der Waals surface area (Å²) < 4.78 is 0. The first-order valence-electron chi connectivity index (χ1n) is 8.01. The molecule has 0 amide bonds. The van der Waals surface area contributed by atoms with Crippen LogP contribution in [0.1, 0.15) is 44.1 Å². The normalized spacial score (nSPS) is 30.4. The lowest BCUT2D eigenvalue weighted by Crippen LogP contribution is -2.43. The quantitative estimate of drug-likeness (QED) is 0.864. The molecule has 1 heterocycles. The first-order chi connectivity index (χ1) is 9.75. The SMILES string of the molecule is Cc1cccc(Cl)c1NC1CCCCC1C1CCCN1. The third kappa shape index (κ3) is 2.96. The summed E-state index contributed by atoms with van der Waals surface area (Å²) in [5, 5.41) is 8.33. The maximum atomic E-state index is 6.38. The Morgan fingerprint density at radius 1 is 1.15 bits per heavy atom. The topological polar surface area (TPSA) is 24.1 Å². The number of hydrogen-bond acceptors (Lipinski definition) is 2. The van der Waals surface area contributed by atoms with Crippen LogP contribution in [0.25, 0.3) is 0 Å². The number of nitrogens with one attached hydrogen (secondary N) is 2. The Hall–Kier alpha value is -0.730. The number of halogens is 1. The van der Waals surface area contributed by atoms with Crippen molar-refractivity contribution < 1.29 is 0 Å². The second-order valence-corrected chi connectivity index (χ2v) is 6.74. The molecular weight excluding hydrogens is 268 g/mol. The van der Waals surface area contributed by atoms with Crippen LogP contribution in [0.4, 0.5) is 5.69 Å². The Morgan fingerprint density at radius 3 is 2.75 bits per heavy atom. The Balaban J connectivity index is 1.76. The molecule has 1 aliphatic heterocycles. The van der Waals surface area contributed by atoms with E-state index in [0.29, 0.717) is 12.1 Å². The van der Waals surface area contributed by atoms with Gasteiger partial charge in [0.05, 0.1) is 10.7 Å². The van der Waals surface area contributed by atoms with Gasteiger partial charge in [0.25, 0.3) is 0 Å². The van der Waals surface area contributed by atoms with E-state index < -0.39 is 0 Å². The molecule has 3 atom stereocenters. The van der Waals surface area contributed by atoms with Gasteiger partial charge in [-0.1, -0.05) is 36.6 Å². The van der Waals surface area contributed by atoms with E-state index in [2.05, 4.69) is 23.6 Å². The van der Waals surface area contributed by atoms with E-state index in [0.717, 1.165) is 16.6 Å². The zero-order chi connectivity index (χ0) is 13.9. The second kappa shape index (κ2) is 6.36. The molecule has 0 aromatic heterocycles. The molecule has 3 unspecified atom stereocenters. The number of anilines is 1. The van der Waals surface area contributed by atoms with Crippen LogP contribution in [-0.4, -0.2) is 18.6 Å². The highest BCUT2D eigenvalue weighted by molar-refractivity contribution is 6.33. The molecule has 110 valence electrons. The molecule has 2 fully saturated rings. The number of aryl methyl sites for hydroxylation is 1. The van der Waals surface area contributed by atoms with Gasteiger partial charge in [-0.3, -0.25) is 0 Å². The van der Waals surface area contributed by atoms with Gasteiger partial charge in [-0.15, -0.1) is 0 Å². The molecule has 1 aromatic rings. The van der Waals surface area contributed by atoms with Gasteiger partial charge >= 0.3 is 0 Å². The van der Waals surface area contributed by atoms with E-state index in [4.69, 9.17) is 11.6 Å². The molecule has 1 aromatic carbocycles.